The Morgan fingerprint density at radius 3 is 2.52 bits per heavy atom. The van der Waals surface area contributed by atoms with Crippen LogP contribution in [0.25, 0.3) is 10.8 Å². The Kier molecular flexibility index (Phi) is 4.89. The number of para-hydroxylation sites is 1. The van der Waals surface area contributed by atoms with E-state index >= 15 is 0 Å². The van der Waals surface area contributed by atoms with Gasteiger partial charge in [-0.2, -0.15) is 0 Å². The largest absolute Gasteiger partial charge is 0.375 e. The minimum Gasteiger partial charge on any atom is -0.375 e. The number of rotatable bonds is 5. The molecule has 0 bridgehead atoms. The van der Waals surface area contributed by atoms with Gasteiger partial charge in [-0.05, 0) is 34.5 Å². The molecule has 1 atom stereocenters. The first-order chi connectivity index (χ1) is 15.0. The van der Waals surface area contributed by atoms with Crippen LogP contribution in [0.15, 0.2) is 78.9 Å². The summed E-state index contributed by atoms with van der Waals surface area (Å²) < 4.78 is 0.492. The highest BCUT2D eigenvalue weighted by Crippen LogP contribution is 2.44. The van der Waals surface area contributed by atoms with Gasteiger partial charge in [0.1, 0.15) is 0 Å². The zero-order valence-electron chi connectivity index (χ0n) is 16.4. The maximum atomic E-state index is 13.5. The zero-order valence-corrected chi connectivity index (χ0v) is 18.0. The predicted molar refractivity (Wildman–Crippen MR) is 124 cm³/mol. The highest BCUT2D eigenvalue weighted by atomic mass is 35.5. The van der Waals surface area contributed by atoms with Gasteiger partial charge in [-0.25, -0.2) is 0 Å². The van der Waals surface area contributed by atoms with Gasteiger partial charge in [0.25, 0.3) is 5.91 Å². The van der Waals surface area contributed by atoms with Crippen molar-refractivity contribution in [1.29, 1.82) is 0 Å². The topological polar surface area (TPSA) is 57.6 Å². The lowest BCUT2D eigenvalue weighted by molar-refractivity contribution is -0.136. The number of Topliss-reactive ketones (excluding diaryl/α,β-unsaturated/α-hetero) is 1. The molecule has 1 aliphatic rings. The Balaban J connectivity index is 1.53. The SMILES string of the molecule is O=C(CC1(O)C(=O)N(Cc2cccc3ccccc23)c2ccccc21)c1ccc(Cl)s1. The second-order valence-corrected chi connectivity index (χ2v) is 9.33. The van der Waals surface area contributed by atoms with Crippen molar-refractivity contribution in [3.8, 4) is 0 Å². The molecule has 0 spiro atoms. The van der Waals surface area contributed by atoms with Crippen LogP contribution in [0.4, 0.5) is 5.69 Å². The summed E-state index contributed by atoms with van der Waals surface area (Å²) >= 11 is 7.10. The summed E-state index contributed by atoms with van der Waals surface area (Å²) in [6, 6.07) is 24.3. The molecule has 1 aromatic heterocycles. The molecule has 0 radical (unpaired) electrons. The van der Waals surface area contributed by atoms with Crippen molar-refractivity contribution in [3.05, 3.63) is 99.2 Å². The lowest BCUT2D eigenvalue weighted by atomic mass is 9.89. The Hall–Kier alpha value is -2.99. The first-order valence-electron chi connectivity index (χ1n) is 9.86. The fraction of sp³-hybridized carbons (Fsp3) is 0.120. The van der Waals surface area contributed by atoms with Crippen LogP contribution in [0.5, 0.6) is 0 Å². The summed E-state index contributed by atoms with van der Waals surface area (Å²) in [7, 11) is 0. The van der Waals surface area contributed by atoms with Gasteiger partial charge < -0.3 is 10.0 Å². The molecular weight excluding hydrogens is 430 g/mol. The average Bonchev–Trinajstić information content (AvgIpc) is 3.30. The lowest BCUT2D eigenvalue weighted by Crippen LogP contribution is -2.41. The van der Waals surface area contributed by atoms with E-state index in [1.807, 2.05) is 54.6 Å². The molecule has 31 heavy (non-hydrogen) atoms. The van der Waals surface area contributed by atoms with E-state index in [2.05, 4.69) is 0 Å². The monoisotopic (exact) mass is 447 g/mol. The van der Waals surface area contributed by atoms with Gasteiger partial charge in [0.05, 0.1) is 27.9 Å². The molecule has 0 saturated carbocycles. The molecular formula is C25H18ClNO3S. The smallest absolute Gasteiger partial charge is 0.264 e. The van der Waals surface area contributed by atoms with Crippen molar-refractivity contribution in [2.75, 3.05) is 4.90 Å². The number of anilines is 1. The second kappa shape index (κ2) is 7.61. The number of carbonyl (C=O) groups is 2. The number of ketones is 1. The van der Waals surface area contributed by atoms with Crippen molar-refractivity contribution >= 4 is 51.1 Å². The number of hydrogen-bond acceptors (Lipinski definition) is 4. The van der Waals surface area contributed by atoms with Crippen molar-refractivity contribution in [2.24, 2.45) is 0 Å². The van der Waals surface area contributed by atoms with Crippen molar-refractivity contribution in [1.82, 2.24) is 0 Å². The fourth-order valence-corrected chi connectivity index (χ4v) is 5.20. The highest BCUT2D eigenvalue weighted by molar-refractivity contribution is 7.18. The number of fused-ring (bicyclic) bond motifs is 2. The molecule has 0 saturated heterocycles. The Bertz CT molecular complexity index is 1330. The van der Waals surface area contributed by atoms with E-state index in [-0.39, 0.29) is 12.2 Å². The summed E-state index contributed by atoms with van der Waals surface area (Å²) in [5, 5.41) is 13.6. The lowest BCUT2D eigenvalue weighted by Gasteiger charge is -2.23. The molecule has 2 heterocycles. The summed E-state index contributed by atoms with van der Waals surface area (Å²) in [4.78, 5) is 28.3. The fourth-order valence-electron chi connectivity index (χ4n) is 4.22. The number of amides is 1. The third-order valence-corrected chi connectivity index (χ3v) is 6.98. The number of aliphatic hydroxyl groups is 1. The van der Waals surface area contributed by atoms with Gasteiger partial charge in [-0.3, -0.25) is 9.59 Å². The number of halogens is 1. The molecule has 1 aliphatic heterocycles. The standard InChI is InChI=1S/C25H18ClNO3S/c26-23-13-12-22(31-23)21(28)14-25(30)19-10-3-4-11-20(19)27(24(25)29)15-17-8-5-7-16-6-1-2-9-18(16)17/h1-13,30H,14-15H2. The van der Waals surface area contributed by atoms with Crippen LogP contribution in [0, 0.1) is 0 Å². The van der Waals surface area contributed by atoms with Gasteiger partial charge in [-0.15, -0.1) is 11.3 Å². The first kappa shape index (κ1) is 19.9. The van der Waals surface area contributed by atoms with Crippen LogP contribution in [0.1, 0.15) is 27.2 Å². The van der Waals surface area contributed by atoms with Gasteiger partial charge in [0.2, 0.25) is 0 Å². The summed E-state index contributed by atoms with van der Waals surface area (Å²) in [6.45, 7) is 0.304. The van der Waals surface area contributed by atoms with Gasteiger partial charge in [-0.1, -0.05) is 72.3 Å². The van der Waals surface area contributed by atoms with Crippen LogP contribution < -0.4 is 4.90 Å². The van der Waals surface area contributed by atoms with E-state index in [1.165, 1.54) is 0 Å². The third-order valence-electron chi connectivity index (χ3n) is 5.71. The molecule has 3 aromatic carbocycles. The van der Waals surface area contributed by atoms with Crippen LogP contribution in [-0.2, 0) is 16.9 Å². The van der Waals surface area contributed by atoms with Crippen LogP contribution in [0.2, 0.25) is 4.34 Å². The molecule has 4 nitrogen and oxygen atoms in total. The summed E-state index contributed by atoms with van der Waals surface area (Å²) in [5.74, 6) is -0.799. The van der Waals surface area contributed by atoms with Gasteiger partial charge in [0.15, 0.2) is 11.4 Å². The maximum Gasteiger partial charge on any atom is 0.264 e. The molecule has 154 valence electrons. The van der Waals surface area contributed by atoms with E-state index in [1.54, 1.807) is 29.2 Å². The molecule has 5 rings (SSSR count). The third kappa shape index (κ3) is 3.35. The maximum absolute atomic E-state index is 13.5. The van der Waals surface area contributed by atoms with Crippen LogP contribution >= 0.6 is 22.9 Å². The van der Waals surface area contributed by atoms with Crippen molar-refractivity contribution < 1.29 is 14.7 Å². The quantitative estimate of drug-likeness (QED) is 0.407. The molecule has 6 heteroatoms. The Labute approximate surface area is 188 Å². The molecule has 1 N–H and O–H groups in total. The van der Waals surface area contributed by atoms with E-state index in [4.69, 9.17) is 11.6 Å². The molecule has 1 amide bonds. The van der Waals surface area contributed by atoms with Crippen molar-refractivity contribution in [3.63, 3.8) is 0 Å². The molecule has 0 fully saturated rings. The number of nitrogens with zero attached hydrogens (tertiary/aromatic N) is 1. The van der Waals surface area contributed by atoms with Gasteiger partial charge in [0, 0.05) is 5.56 Å². The first-order valence-corrected chi connectivity index (χ1v) is 11.1. The Morgan fingerprint density at radius 1 is 0.968 bits per heavy atom. The number of hydrogen-bond donors (Lipinski definition) is 1. The average molecular weight is 448 g/mol. The van der Waals surface area contributed by atoms with E-state index in [0.717, 1.165) is 27.7 Å². The minimum atomic E-state index is -1.91. The zero-order chi connectivity index (χ0) is 21.6. The van der Waals surface area contributed by atoms with Crippen molar-refractivity contribution in [2.45, 2.75) is 18.6 Å². The van der Waals surface area contributed by atoms with E-state index in [9.17, 15) is 14.7 Å². The predicted octanol–water partition coefficient (Wildman–Crippen LogP) is 5.56. The normalized spacial score (nSPS) is 17.9. The van der Waals surface area contributed by atoms with Gasteiger partial charge >= 0.3 is 0 Å². The number of benzene rings is 3. The number of thiophene rings is 1. The highest BCUT2D eigenvalue weighted by Gasteiger charge is 2.50. The summed E-state index contributed by atoms with van der Waals surface area (Å²) in [6.07, 6.45) is -0.328. The van der Waals surface area contributed by atoms with Crippen LogP contribution in [-0.4, -0.2) is 16.8 Å². The van der Waals surface area contributed by atoms with Crippen LogP contribution in [0.3, 0.4) is 0 Å². The Morgan fingerprint density at radius 2 is 1.71 bits per heavy atom. The molecule has 1 unspecified atom stereocenters. The van der Waals surface area contributed by atoms with E-state index in [0.29, 0.717) is 27.0 Å². The summed E-state index contributed by atoms with van der Waals surface area (Å²) in [5.41, 5.74) is 0.146. The van der Waals surface area contributed by atoms with E-state index < -0.39 is 11.5 Å². The molecule has 4 aromatic rings. The minimum absolute atomic E-state index is 0.304. The second-order valence-electron chi connectivity index (χ2n) is 7.61. The number of carbonyl (C=O) groups excluding carboxylic acids is 2. The molecule has 0 aliphatic carbocycles.